The molecular weight excluding hydrogens is 282 g/mol. The number of fused-ring (bicyclic) bond motifs is 1. The van der Waals surface area contributed by atoms with Gasteiger partial charge in [-0.3, -0.25) is 14.7 Å². The maximum absolute atomic E-state index is 12.2. The van der Waals surface area contributed by atoms with Crippen molar-refractivity contribution >= 4 is 16.8 Å². The summed E-state index contributed by atoms with van der Waals surface area (Å²) >= 11 is 0. The summed E-state index contributed by atoms with van der Waals surface area (Å²) in [4.78, 5) is 25.5. The lowest BCUT2D eigenvalue weighted by Gasteiger charge is -2.11. The first-order valence-corrected chi connectivity index (χ1v) is 6.69. The zero-order valence-corrected chi connectivity index (χ0v) is 12.5. The van der Waals surface area contributed by atoms with Crippen LogP contribution in [0.3, 0.4) is 0 Å². The second kappa shape index (κ2) is 5.53. The Morgan fingerprint density at radius 2 is 1.95 bits per heavy atom. The highest BCUT2D eigenvalue weighted by atomic mass is 16.7. The van der Waals surface area contributed by atoms with Crippen LogP contribution in [-0.4, -0.2) is 45.3 Å². The molecule has 0 radical (unpaired) electrons. The molecule has 22 heavy (non-hydrogen) atoms. The van der Waals surface area contributed by atoms with Gasteiger partial charge in [-0.25, -0.2) is 15.0 Å². The molecule has 7 heteroatoms. The Bertz CT molecular complexity index is 826. The van der Waals surface area contributed by atoms with Crippen LogP contribution in [-0.2, 0) is 4.84 Å². The van der Waals surface area contributed by atoms with Gasteiger partial charge in [0.2, 0.25) is 0 Å². The molecule has 0 saturated carbocycles. The number of amides is 1. The number of hydrogen-bond donors (Lipinski definition) is 1. The number of hydrogen-bond acceptors (Lipinski definition) is 5. The Morgan fingerprint density at radius 1 is 1.23 bits per heavy atom. The van der Waals surface area contributed by atoms with Crippen molar-refractivity contribution in [2.75, 3.05) is 14.2 Å². The van der Waals surface area contributed by atoms with E-state index in [1.807, 2.05) is 25.1 Å². The summed E-state index contributed by atoms with van der Waals surface area (Å²) in [6.45, 7) is 1.83. The molecule has 0 unspecified atom stereocenters. The van der Waals surface area contributed by atoms with Crippen LogP contribution in [0.2, 0.25) is 0 Å². The van der Waals surface area contributed by atoms with Gasteiger partial charge in [0, 0.05) is 30.4 Å². The van der Waals surface area contributed by atoms with Crippen molar-refractivity contribution in [1.29, 1.82) is 0 Å². The number of hydroxylamine groups is 2. The highest BCUT2D eigenvalue weighted by Crippen LogP contribution is 2.25. The van der Waals surface area contributed by atoms with Crippen molar-refractivity contribution in [3.8, 4) is 11.1 Å². The van der Waals surface area contributed by atoms with Gasteiger partial charge < -0.3 is 0 Å². The highest BCUT2D eigenvalue weighted by molar-refractivity contribution is 6.05. The standard InChI is InChI=1S/C15H15N5O2/c1-9-16-7-11(8-17-9)10-4-5-13-12(6-10)14(19-18-13)15(21)20(2)22-3/h4-8H,1-3H3,(H,18,19). The number of H-pyrrole nitrogens is 1. The molecule has 0 atom stereocenters. The van der Waals surface area contributed by atoms with Gasteiger partial charge in [-0.15, -0.1) is 0 Å². The second-order valence-corrected chi connectivity index (χ2v) is 4.84. The number of aryl methyl sites for hydroxylation is 1. The molecule has 7 nitrogen and oxygen atoms in total. The van der Waals surface area contributed by atoms with E-state index in [2.05, 4.69) is 20.2 Å². The van der Waals surface area contributed by atoms with E-state index in [4.69, 9.17) is 4.84 Å². The third kappa shape index (κ3) is 2.42. The lowest BCUT2D eigenvalue weighted by molar-refractivity contribution is -0.0759. The fraction of sp³-hybridized carbons (Fsp3) is 0.200. The second-order valence-electron chi connectivity index (χ2n) is 4.84. The lowest BCUT2D eigenvalue weighted by atomic mass is 10.1. The summed E-state index contributed by atoms with van der Waals surface area (Å²) in [5.41, 5.74) is 2.90. The Labute approximate surface area is 126 Å². The average Bonchev–Trinajstić information content (AvgIpc) is 2.97. The van der Waals surface area contributed by atoms with Gasteiger partial charge in [-0.2, -0.15) is 5.10 Å². The number of nitrogens with zero attached hydrogens (tertiary/aromatic N) is 4. The van der Waals surface area contributed by atoms with Crippen molar-refractivity contribution in [2.45, 2.75) is 6.92 Å². The van der Waals surface area contributed by atoms with Gasteiger partial charge in [0.25, 0.3) is 5.91 Å². The maximum Gasteiger partial charge on any atom is 0.298 e. The monoisotopic (exact) mass is 297 g/mol. The van der Waals surface area contributed by atoms with E-state index in [0.29, 0.717) is 11.5 Å². The van der Waals surface area contributed by atoms with Crippen LogP contribution in [0.15, 0.2) is 30.6 Å². The van der Waals surface area contributed by atoms with E-state index in [-0.39, 0.29) is 5.91 Å². The van der Waals surface area contributed by atoms with E-state index in [0.717, 1.165) is 27.1 Å². The minimum atomic E-state index is -0.314. The van der Waals surface area contributed by atoms with Crippen LogP contribution < -0.4 is 0 Å². The van der Waals surface area contributed by atoms with Crippen molar-refractivity contribution in [1.82, 2.24) is 25.2 Å². The number of aromatic amines is 1. The fourth-order valence-corrected chi connectivity index (χ4v) is 2.13. The zero-order valence-electron chi connectivity index (χ0n) is 12.5. The first-order valence-electron chi connectivity index (χ1n) is 6.69. The largest absolute Gasteiger partial charge is 0.298 e. The van der Waals surface area contributed by atoms with Crippen LogP contribution in [0.25, 0.3) is 22.0 Å². The topological polar surface area (TPSA) is 84.0 Å². The number of rotatable bonds is 3. The molecule has 3 aromatic rings. The SMILES string of the molecule is CON(C)C(=O)c1n[nH]c2ccc(-c3cnc(C)nc3)cc12. The number of aromatic nitrogens is 4. The molecule has 0 aliphatic heterocycles. The van der Waals surface area contributed by atoms with Gasteiger partial charge in [0.15, 0.2) is 5.69 Å². The summed E-state index contributed by atoms with van der Waals surface area (Å²) in [6, 6.07) is 5.70. The third-order valence-electron chi connectivity index (χ3n) is 3.44. The maximum atomic E-state index is 12.2. The van der Waals surface area contributed by atoms with Crippen LogP contribution in [0, 0.1) is 6.92 Å². The summed E-state index contributed by atoms with van der Waals surface area (Å²) in [6.07, 6.45) is 3.51. The molecule has 0 fully saturated rings. The molecule has 1 amide bonds. The predicted molar refractivity (Wildman–Crippen MR) is 81.0 cm³/mol. The van der Waals surface area contributed by atoms with E-state index in [9.17, 15) is 4.79 Å². The molecule has 0 aliphatic rings. The molecule has 2 aromatic heterocycles. The van der Waals surface area contributed by atoms with Gasteiger partial charge in [0.1, 0.15) is 5.82 Å². The van der Waals surface area contributed by atoms with Gasteiger partial charge >= 0.3 is 0 Å². The predicted octanol–water partition coefficient (Wildman–Crippen LogP) is 1.96. The lowest BCUT2D eigenvalue weighted by Crippen LogP contribution is -2.25. The third-order valence-corrected chi connectivity index (χ3v) is 3.44. The summed E-state index contributed by atoms with van der Waals surface area (Å²) in [5.74, 6) is 0.400. The number of benzene rings is 1. The summed E-state index contributed by atoms with van der Waals surface area (Å²) < 4.78 is 0. The molecular formula is C15H15N5O2. The van der Waals surface area contributed by atoms with E-state index in [1.165, 1.54) is 7.11 Å². The van der Waals surface area contributed by atoms with Crippen LogP contribution in [0.4, 0.5) is 0 Å². The molecule has 112 valence electrons. The van der Waals surface area contributed by atoms with Crippen LogP contribution in [0.1, 0.15) is 16.3 Å². The van der Waals surface area contributed by atoms with E-state index < -0.39 is 0 Å². The quantitative estimate of drug-likeness (QED) is 0.747. The van der Waals surface area contributed by atoms with Crippen LogP contribution >= 0.6 is 0 Å². The van der Waals surface area contributed by atoms with Crippen molar-refractivity contribution < 1.29 is 9.63 Å². The van der Waals surface area contributed by atoms with Crippen molar-refractivity contribution in [3.63, 3.8) is 0 Å². The summed E-state index contributed by atoms with van der Waals surface area (Å²) in [5, 5.41) is 8.80. The molecule has 2 heterocycles. The molecule has 0 aliphatic carbocycles. The highest BCUT2D eigenvalue weighted by Gasteiger charge is 2.18. The molecule has 0 bridgehead atoms. The number of carbonyl (C=O) groups is 1. The van der Waals surface area contributed by atoms with Gasteiger partial charge in [0.05, 0.1) is 12.6 Å². The van der Waals surface area contributed by atoms with Crippen molar-refractivity contribution in [3.05, 3.63) is 42.1 Å². The van der Waals surface area contributed by atoms with E-state index >= 15 is 0 Å². The zero-order chi connectivity index (χ0) is 15.7. The molecule has 3 rings (SSSR count). The normalized spacial score (nSPS) is 10.9. The Hall–Kier alpha value is -2.80. The van der Waals surface area contributed by atoms with Crippen LogP contribution in [0.5, 0.6) is 0 Å². The molecule has 1 aromatic carbocycles. The molecule has 1 N–H and O–H groups in total. The van der Waals surface area contributed by atoms with Gasteiger partial charge in [-0.1, -0.05) is 6.07 Å². The Morgan fingerprint density at radius 3 is 2.64 bits per heavy atom. The van der Waals surface area contributed by atoms with E-state index in [1.54, 1.807) is 19.4 Å². The smallest absolute Gasteiger partial charge is 0.277 e. The minimum absolute atomic E-state index is 0.314. The first kappa shape index (κ1) is 14.2. The average molecular weight is 297 g/mol. The van der Waals surface area contributed by atoms with Gasteiger partial charge in [-0.05, 0) is 24.6 Å². The number of carbonyl (C=O) groups excluding carboxylic acids is 1. The Kier molecular flexibility index (Phi) is 3.56. The fourth-order valence-electron chi connectivity index (χ4n) is 2.13. The summed E-state index contributed by atoms with van der Waals surface area (Å²) in [7, 11) is 2.97. The first-order chi connectivity index (χ1) is 10.6. The number of nitrogens with one attached hydrogen (secondary N) is 1. The van der Waals surface area contributed by atoms with Crippen molar-refractivity contribution in [2.24, 2.45) is 0 Å². The minimum Gasteiger partial charge on any atom is -0.277 e. The molecule has 0 spiro atoms. The Balaban J connectivity index is 2.08. The molecule has 0 saturated heterocycles.